The Balaban J connectivity index is 1.54. The number of carbonyl (C=O) groups excluding carboxylic acids is 3. The van der Waals surface area contributed by atoms with Crippen LogP contribution in [0.4, 0.5) is 14.5 Å². The third kappa shape index (κ3) is 5.74. The zero-order chi connectivity index (χ0) is 29.3. The topological polar surface area (TPSA) is 123 Å². The number of carbonyl (C=O) groups is 3. The van der Waals surface area contributed by atoms with E-state index in [-0.39, 0.29) is 19.1 Å². The Kier molecular flexibility index (Phi) is 7.69. The molecule has 3 N–H and O–H groups in total. The number of primary amides is 1. The lowest BCUT2D eigenvalue weighted by Crippen LogP contribution is -2.51. The van der Waals surface area contributed by atoms with Crippen LogP contribution in [-0.2, 0) is 20.8 Å². The van der Waals surface area contributed by atoms with Crippen molar-refractivity contribution in [2.45, 2.75) is 26.4 Å². The van der Waals surface area contributed by atoms with Gasteiger partial charge in [-0.2, -0.15) is 0 Å². The van der Waals surface area contributed by atoms with Crippen molar-refractivity contribution in [3.05, 3.63) is 89.0 Å². The van der Waals surface area contributed by atoms with Crippen molar-refractivity contribution >= 4 is 29.1 Å². The highest BCUT2D eigenvalue weighted by atomic mass is 19.2. The van der Waals surface area contributed by atoms with Crippen LogP contribution >= 0.6 is 0 Å². The largest absolute Gasteiger partial charge is 0.454 e. The first-order chi connectivity index (χ1) is 19.6. The molecule has 2 aliphatic heterocycles. The molecule has 41 heavy (non-hydrogen) atoms. The molecule has 0 fully saturated rings. The van der Waals surface area contributed by atoms with E-state index < -0.39 is 48.0 Å². The van der Waals surface area contributed by atoms with Gasteiger partial charge in [-0.15, -0.1) is 0 Å². The summed E-state index contributed by atoms with van der Waals surface area (Å²) < 4.78 is 38.3. The van der Waals surface area contributed by atoms with Crippen molar-refractivity contribution in [1.29, 1.82) is 0 Å². The van der Waals surface area contributed by atoms with Gasteiger partial charge in [0.15, 0.2) is 23.1 Å². The van der Waals surface area contributed by atoms with E-state index in [9.17, 15) is 23.2 Å². The van der Waals surface area contributed by atoms with Gasteiger partial charge in [-0.05, 0) is 54.3 Å². The molecule has 0 saturated heterocycles. The zero-order valence-corrected chi connectivity index (χ0v) is 22.4. The highest BCUT2D eigenvalue weighted by Crippen LogP contribution is 2.35. The molecule has 1 unspecified atom stereocenters. The number of aliphatic imine (C=N–C) groups is 1. The van der Waals surface area contributed by atoms with Gasteiger partial charge in [0.2, 0.25) is 24.8 Å². The average Bonchev–Trinajstić information content (AvgIpc) is 3.38. The summed E-state index contributed by atoms with van der Waals surface area (Å²) in [6, 6.07) is 15.6. The van der Waals surface area contributed by atoms with Crippen molar-refractivity contribution < 1.29 is 32.6 Å². The minimum Gasteiger partial charge on any atom is -0.454 e. The zero-order valence-electron chi connectivity index (χ0n) is 22.4. The summed E-state index contributed by atoms with van der Waals surface area (Å²) in [5.41, 5.74) is 7.84. The highest BCUT2D eigenvalue weighted by molar-refractivity contribution is 6.21. The van der Waals surface area contributed by atoms with Gasteiger partial charge < -0.3 is 20.5 Å². The van der Waals surface area contributed by atoms with Gasteiger partial charge in [0.1, 0.15) is 6.54 Å². The number of amides is 3. The molecule has 5 rings (SSSR count). The Morgan fingerprint density at radius 3 is 2.54 bits per heavy atom. The number of ether oxygens (including phenoxy) is 2. The Morgan fingerprint density at radius 1 is 1.05 bits per heavy atom. The van der Waals surface area contributed by atoms with Crippen molar-refractivity contribution in [3.8, 4) is 11.5 Å². The number of para-hydroxylation sites is 1. The van der Waals surface area contributed by atoms with E-state index in [0.29, 0.717) is 39.6 Å². The second-order valence-electron chi connectivity index (χ2n) is 10.2. The Labute approximate surface area is 235 Å². The number of hydrogen-bond acceptors (Lipinski definition) is 6. The minimum atomic E-state index is -1.42. The third-order valence-electron chi connectivity index (χ3n) is 7.03. The predicted octanol–water partition coefficient (Wildman–Crippen LogP) is 3.32. The van der Waals surface area contributed by atoms with Crippen LogP contribution in [-0.4, -0.2) is 42.9 Å². The van der Waals surface area contributed by atoms with Crippen LogP contribution < -0.4 is 25.4 Å². The maximum atomic E-state index is 13.9. The summed E-state index contributed by atoms with van der Waals surface area (Å²) in [4.78, 5) is 45.4. The molecule has 0 aliphatic carbocycles. The second kappa shape index (κ2) is 11.4. The first-order valence-electron chi connectivity index (χ1n) is 13.0. The summed E-state index contributed by atoms with van der Waals surface area (Å²) in [5, 5.41) is 2.73. The lowest BCUT2D eigenvalue weighted by Gasteiger charge is -2.26. The Hall–Kier alpha value is -4.80. The number of nitrogens with zero attached hydrogens (tertiary/aromatic N) is 2. The van der Waals surface area contributed by atoms with Gasteiger partial charge in [-0.25, -0.2) is 13.8 Å². The van der Waals surface area contributed by atoms with E-state index in [4.69, 9.17) is 20.2 Å². The fourth-order valence-corrected chi connectivity index (χ4v) is 4.91. The fourth-order valence-electron chi connectivity index (χ4n) is 4.91. The number of nitrogens with one attached hydrogen (secondary N) is 1. The monoisotopic (exact) mass is 562 g/mol. The molecule has 9 nitrogen and oxygen atoms in total. The van der Waals surface area contributed by atoms with Crippen LogP contribution in [0.15, 0.2) is 65.7 Å². The van der Waals surface area contributed by atoms with E-state index >= 15 is 0 Å². The van der Waals surface area contributed by atoms with Gasteiger partial charge in [-0.1, -0.05) is 38.1 Å². The Morgan fingerprint density at radius 2 is 1.80 bits per heavy atom. The van der Waals surface area contributed by atoms with Crippen LogP contribution in [0.25, 0.3) is 0 Å². The molecule has 212 valence electrons. The number of anilines is 1. The number of nitrogens with two attached hydrogens (primary N) is 1. The molecule has 3 amide bonds. The Bertz CT molecular complexity index is 1560. The molecule has 11 heteroatoms. The van der Waals surface area contributed by atoms with Crippen LogP contribution in [0.3, 0.4) is 0 Å². The molecule has 3 aromatic carbocycles. The maximum absolute atomic E-state index is 13.9. The summed E-state index contributed by atoms with van der Waals surface area (Å²) in [6.45, 7) is 3.26. The van der Waals surface area contributed by atoms with Crippen molar-refractivity contribution in [3.63, 3.8) is 0 Å². The first-order valence-corrected chi connectivity index (χ1v) is 13.0. The number of halogens is 2. The maximum Gasteiger partial charge on any atom is 0.272 e. The van der Waals surface area contributed by atoms with E-state index in [1.54, 1.807) is 42.5 Å². The molecule has 0 saturated carbocycles. The summed E-state index contributed by atoms with van der Waals surface area (Å²) in [5.74, 6) is -3.78. The van der Waals surface area contributed by atoms with Crippen LogP contribution in [0, 0.1) is 23.5 Å². The molecule has 2 aliphatic rings. The number of rotatable bonds is 8. The summed E-state index contributed by atoms with van der Waals surface area (Å²) >= 11 is 0. The number of fused-ring (bicyclic) bond motifs is 2. The van der Waals surface area contributed by atoms with Gasteiger partial charge in [0, 0.05) is 17.0 Å². The quantitative estimate of drug-likeness (QED) is 0.436. The first kappa shape index (κ1) is 27.8. The molecule has 0 radical (unpaired) electrons. The smallest absolute Gasteiger partial charge is 0.272 e. The molecule has 3 aromatic rings. The van der Waals surface area contributed by atoms with Gasteiger partial charge >= 0.3 is 0 Å². The van der Waals surface area contributed by atoms with Crippen molar-refractivity contribution in [1.82, 2.24) is 5.32 Å². The van der Waals surface area contributed by atoms with Crippen LogP contribution in [0.2, 0.25) is 0 Å². The number of benzodiazepines with no additional fused rings is 1. The second-order valence-corrected chi connectivity index (χ2v) is 10.2. The standard InChI is InChI=1S/C30H28F2N4O5/c1-16(2)20(11-17-7-9-21(31)22(32)12-17)29(38)35-28-30(39)36(14-26(33)37)23-6-4-3-5-19(23)27(34-28)18-8-10-24-25(13-18)41-15-40-24/h3-10,12-13,16,20,28H,11,14-15H2,1-2H3,(H2,33,37)(H,35,38)/t20-,28?/m1/s1. The third-order valence-corrected chi connectivity index (χ3v) is 7.03. The molecular weight excluding hydrogens is 534 g/mol. The van der Waals surface area contributed by atoms with Crippen molar-refractivity contribution in [2.75, 3.05) is 18.2 Å². The summed E-state index contributed by atoms with van der Waals surface area (Å²) in [7, 11) is 0. The fraction of sp³-hybridized carbons (Fsp3) is 0.267. The van der Waals surface area contributed by atoms with Gasteiger partial charge in [0.25, 0.3) is 5.91 Å². The van der Waals surface area contributed by atoms with E-state index in [2.05, 4.69) is 5.32 Å². The predicted molar refractivity (Wildman–Crippen MR) is 147 cm³/mol. The van der Waals surface area contributed by atoms with Gasteiger partial charge in [0.05, 0.1) is 11.4 Å². The normalized spacial score (nSPS) is 16.6. The van der Waals surface area contributed by atoms with Crippen LogP contribution in [0.1, 0.15) is 30.5 Å². The molecule has 2 heterocycles. The lowest BCUT2D eigenvalue weighted by atomic mass is 9.88. The summed E-state index contributed by atoms with van der Waals surface area (Å²) in [6.07, 6.45) is -1.31. The SMILES string of the molecule is CC(C)[C@@H](Cc1ccc(F)c(F)c1)C(=O)NC1N=C(c2ccc3c(c2)OCO3)c2ccccc2N(CC(N)=O)C1=O. The molecule has 0 spiro atoms. The van der Waals surface area contributed by atoms with Crippen LogP contribution in [0.5, 0.6) is 11.5 Å². The lowest BCUT2D eigenvalue weighted by molar-refractivity contribution is -0.131. The molecule has 0 aromatic heterocycles. The minimum absolute atomic E-state index is 0.0694. The number of benzene rings is 3. The molecule has 0 bridgehead atoms. The highest BCUT2D eigenvalue weighted by Gasteiger charge is 2.36. The van der Waals surface area contributed by atoms with E-state index in [1.807, 2.05) is 13.8 Å². The molecule has 2 atom stereocenters. The van der Waals surface area contributed by atoms with Gasteiger partial charge in [-0.3, -0.25) is 19.3 Å². The molecular formula is C30H28F2N4O5. The average molecular weight is 563 g/mol. The van der Waals surface area contributed by atoms with E-state index in [0.717, 1.165) is 12.1 Å². The van der Waals surface area contributed by atoms with E-state index in [1.165, 1.54) is 11.0 Å². The number of hydrogen-bond donors (Lipinski definition) is 2. The van der Waals surface area contributed by atoms with Crippen molar-refractivity contribution in [2.24, 2.45) is 22.6 Å².